The zero-order chi connectivity index (χ0) is 12.3. The number of aromatic nitrogens is 1. The number of hydrogen-bond donors (Lipinski definition) is 2. The third-order valence-electron chi connectivity index (χ3n) is 1.54. The predicted octanol–water partition coefficient (Wildman–Crippen LogP) is 2.59. The second-order valence-electron chi connectivity index (χ2n) is 2.73. The lowest BCUT2D eigenvalue weighted by Crippen LogP contribution is -2.27. The van der Waals surface area contributed by atoms with Gasteiger partial charge in [0.1, 0.15) is 4.88 Å². The fourth-order valence-electron chi connectivity index (χ4n) is 0.789. The summed E-state index contributed by atoms with van der Waals surface area (Å²) in [5.41, 5.74) is 0. The van der Waals surface area contributed by atoms with Crippen LogP contribution >= 0.6 is 11.3 Å². The van der Waals surface area contributed by atoms with Gasteiger partial charge in [-0.2, -0.15) is 13.2 Å². The van der Waals surface area contributed by atoms with Crippen molar-refractivity contribution in [2.24, 2.45) is 0 Å². The van der Waals surface area contributed by atoms with Crippen molar-refractivity contribution >= 4 is 23.1 Å². The molecular weight excluding hydrogens is 243 g/mol. The molecule has 1 aromatic heterocycles. The van der Waals surface area contributed by atoms with E-state index in [1.165, 1.54) is 6.20 Å². The standard InChI is InChI=1S/C8H8F3N3OS/c1-2-5-14-3-4(16-5)6(12)15-7(13)8(9,10)11/h3,12-13H,2H2,1H3. The van der Waals surface area contributed by atoms with Crippen LogP contribution in [0.25, 0.3) is 0 Å². The molecule has 0 saturated carbocycles. The number of halogens is 3. The Bertz CT molecular complexity index is 413. The van der Waals surface area contributed by atoms with E-state index in [1.807, 2.05) is 6.92 Å². The van der Waals surface area contributed by atoms with Crippen LogP contribution in [0.5, 0.6) is 0 Å². The number of hydrogen-bond acceptors (Lipinski definition) is 5. The summed E-state index contributed by atoms with van der Waals surface area (Å²) < 4.78 is 39.9. The molecule has 0 radical (unpaired) electrons. The van der Waals surface area contributed by atoms with E-state index >= 15 is 0 Å². The van der Waals surface area contributed by atoms with Gasteiger partial charge >= 0.3 is 6.18 Å². The van der Waals surface area contributed by atoms with E-state index in [2.05, 4.69) is 9.72 Å². The van der Waals surface area contributed by atoms with Gasteiger partial charge in [0.05, 0.1) is 11.2 Å². The van der Waals surface area contributed by atoms with Crippen LogP contribution < -0.4 is 0 Å². The topological polar surface area (TPSA) is 69.8 Å². The minimum Gasteiger partial charge on any atom is -0.415 e. The van der Waals surface area contributed by atoms with Crippen LogP contribution in [0.3, 0.4) is 0 Å². The summed E-state index contributed by atoms with van der Waals surface area (Å²) in [5, 5.41) is 14.5. The molecule has 0 saturated heterocycles. The summed E-state index contributed by atoms with van der Waals surface area (Å²) in [6, 6.07) is 0. The zero-order valence-corrected chi connectivity index (χ0v) is 9.00. The molecule has 8 heteroatoms. The van der Waals surface area contributed by atoms with Crippen molar-refractivity contribution < 1.29 is 17.9 Å². The van der Waals surface area contributed by atoms with Gasteiger partial charge in [-0.1, -0.05) is 6.92 Å². The number of nitrogens with zero attached hydrogens (tertiary/aromatic N) is 1. The highest BCUT2D eigenvalue weighted by molar-refractivity contribution is 7.13. The van der Waals surface area contributed by atoms with Gasteiger partial charge in [0.2, 0.25) is 5.90 Å². The highest BCUT2D eigenvalue weighted by Gasteiger charge is 2.38. The summed E-state index contributed by atoms with van der Waals surface area (Å²) in [4.78, 5) is 4.04. The molecule has 0 unspecified atom stereocenters. The van der Waals surface area contributed by atoms with Crippen LogP contribution in [-0.2, 0) is 11.2 Å². The van der Waals surface area contributed by atoms with Crippen molar-refractivity contribution in [1.29, 1.82) is 10.8 Å². The Morgan fingerprint density at radius 1 is 1.50 bits per heavy atom. The van der Waals surface area contributed by atoms with E-state index in [9.17, 15) is 13.2 Å². The molecule has 16 heavy (non-hydrogen) atoms. The summed E-state index contributed by atoms with van der Waals surface area (Å²) in [5.74, 6) is -2.61. The van der Waals surface area contributed by atoms with E-state index in [-0.39, 0.29) is 4.88 Å². The zero-order valence-electron chi connectivity index (χ0n) is 8.18. The van der Waals surface area contributed by atoms with E-state index in [0.717, 1.165) is 11.3 Å². The molecule has 1 rings (SSSR count). The lowest BCUT2D eigenvalue weighted by Gasteiger charge is -2.08. The molecule has 0 amide bonds. The van der Waals surface area contributed by atoms with Gasteiger partial charge < -0.3 is 4.74 Å². The molecule has 2 N–H and O–H groups in total. The van der Waals surface area contributed by atoms with Gasteiger partial charge in [0.25, 0.3) is 5.90 Å². The lowest BCUT2D eigenvalue weighted by atomic mass is 10.5. The van der Waals surface area contributed by atoms with Crippen LogP contribution in [0.15, 0.2) is 6.20 Å². The Balaban J connectivity index is 2.69. The van der Waals surface area contributed by atoms with Crippen molar-refractivity contribution in [2.45, 2.75) is 19.5 Å². The maximum absolute atomic E-state index is 11.9. The molecule has 0 fully saturated rings. The minimum absolute atomic E-state index is 0.172. The first kappa shape index (κ1) is 12.6. The Morgan fingerprint density at radius 3 is 2.56 bits per heavy atom. The van der Waals surface area contributed by atoms with Gasteiger partial charge in [-0.25, -0.2) is 4.98 Å². The molecule has 0 atom stereocenters. The number of alkyl halides is 3. The van der Waals surface area contributed by atoms with Crippen molar-refractivity contribution in [3.63, 3.8) is 0 Å². The quantitative estimate of drug-likeness (QED) is 0.626. The third-order valence-corrected chi connectivity index (χ3v) is 2.68. The summed E-state index contributed by atoms with van der Waals surface area (Å²) in [6.07, 6.45) is -2.98. The number of nitrogens with one attached hydrogen (secondary N) is 2. The average molecular weight is 251 g/mol. The van der Waals surface area contributed by atoms with Gasteiger partial charge in [-0.15, -0.1) is 11.3 Å². The second kappa shape index (κ2) is 4.60. The molecule has 4 nitrogen and oxygen atoms in total. The maximum Gasteiger partial charge on any atom is 0.468 e. The summed E-state index contributed by atoms with van der Waals surface area (Å²) in [7, 11) is 0. The molecule has 0 aromatic carbocycles. The van der Waals surface area contributed by atoms with Gasteiger partial charge in [-0.3, -0.25) is 10.8 Å². The second-order valence-corrected chi connectivity index (χ2v) is 3.85. The van der Waals surface area contributed by atoms with Crippen molar-refractivity contribution in [1.82, 2.24) is 4.98 Å². The van der Waals surface area contributed by atoms with Crippen molar-refractivity contribution in [3.05, 3.63) is 16.1 Å². The predicted molar refractivity (Wildman–Crippen MR) is 53.2 cm³/mol. The number of thiazole rings is 1. The van der Waals surface area contributed by atoms with Crippen LogP contribution in [0.2, 0.25) is 0 Å². The van der Waals surface area contributed by atoms with Crippen LogP contribution in [-0.4, -0.2) is 23.0 Å². The molecule has 0 aliphatic heterocycles. The summed E-state index contributed by atoms with van der Waals surface area (Å²) >= 11 is 1.07. The average Bonchev–Trinajstić information content (AvgIpc) is 2.64. The normalized spacial score (nSPS) is 11.2. The molecule has 1 heterocycles. The fraction of sp³-hybridized carbons (Fsp3) is 0.375. The number of ether oxygens (including phenoxy) is 1. The van der Waals surface area contributed by atoms with E-state index in [1.54, 1.807) is 0 Å². The SMILES string of the molecule is CCc1ncc(C(=N)OC(=N)C(F)(F)F)s1. The van der Waals surface area contributed by atoms with Gasteiger partial charge in [-0.05, 0) is 6.42 Å². The van der Waals surface area contributed by atoms with Crippen molar-refractivity contribution in [3.8, 4) is 0 Å². The van der Waals surface area contributed by atoms with Gasteiger partial charge in [0.15, 0.2) is 0 Å². The molecule has 0 bridgehead atoms. The Hall–Kier alpha value is -1.44. The Morgan fingerprint density at radius 2 is 2.12 bits per heavy atom. The monoisotopic (exact) mass is 251 g/mol. The Kier molecular flexibility index (Phi) is 3.63. The first-order valence-electron chi connectivity index (χ1n) is 4.21. The first-order chi connectivity index (χ1) is 7.34. The number of aryl methyl sites for hydroxylation is 1. The molecular formula is C8H8F3N3OS. The minimum atomic E-state index is -4.87. The lowest BCUT2D eigenvalue weighted by molar-refractivity contribution is -0.0727. The van der Waals surface area contributed by atoms with E-state index in [0.29, 0.717) is 11.4 Å². The van der Waals surface area contributed by atoms with E-state index in [4.69, 9.17) is 10.8 Å². The van der Waals surface area contributed by atoms with Crippen LogP contribution in [0.4, 0.5) is 13.2 Å². The molecule has 0 aliphatic rings. The molecule has 88 valence electrons. The third kappa shape index (κ3) is 3.02. The highest BCUT2D eigenvalue weighted by Crippen LogP contribution is 2.20. The highest BCUT2D eigenvalue weighted by atomic mass is 32.1. The first-order valence-corrected chi connectivity index (χ1v) is 5.03. The largest absolute Gasteiger partial charge is 0.468 e. The Labute approximate surface area is 93.1 Å². The van der Waals surface area contributed by atoms with Gasteiger partial charge in [0, 0.05) is 0 Å². The fourth-order valence-corrected chi connectivity index (χ4v) is 1.53. The maximum atomic E-state index is 11.9. The molecule has 1 aromatic rings. The van der Waals surface area contributed by atoms with Crippen LogP contribution in [0.1, 0.15) is 16.8 Å². The molecule has 0 aliphatic carbocycles. The van der Waals surface area contributed by atoms with E-state index < -0.39 is 18.0 Å². The smallest absolute Gasteiger partial charge is 0.415 e. The van der Waals surface area contributed by atoms with Crippen molar-refractivity contribution in [2.75, 3.05) is 0 Å². The summed E-state index contributed by atoms with van der Waals surface area (Å²) in [6.45, 7) is 1.84. The molecule has 0 spiro atoms. The van der Waals surface area contributed by atoms with Crippen LogP contribution in [0, 0.1) is 10.8 Å². The number of rotatable bonds is 2.